The second-order valence-corrected chi connectivity index (χ2v) is 2.86. The molecular formula is C7H10FNO2. The third-order valence-corrected chi connectivity index (χ3v) is 1.96. The van der Waals surface area contributed by atoms with Crippen LogP contribution in [0.15, 0.2) is 12.2 Å². The predicted molar refractivity (Wildman–Crippen MR) is 38.7 cm³/mol. The lowest BCUT2D eigenvalue weighted by molar-refractivity contribution is -0.532. The standard InChI is InChI=1S/C7H10FNO2/c1-5-2-3-6(8)7(4-5)9(10)11/h6-7H,1-4H2. The maximum absolute atomic E-state index is 12.8. The molecule has 1 aliphatic carbocycles. The van der Waals surface area contributed by atoms with Gasteiger partial charge in [0.2, 0.25) is 6.04 Å². The summed E-state index contributed by atoms with van der Waals surface area (Å²) in [5, 5.41) is 10.2. The largest absolute Gasteiger partial charge is 0.264 e. The van der Waals surface area contributed by atoms with Gasteiger partial charge in [0, 0.05) is 11.3 Å². The van der Waals surface area contributed by atoms with E-state index < -0.39 is 17.1 Å². The van der Waals surface area contributed by atoms with Gasteiger partial charge in [-0.2, -0.15) is 0 Å². The first kappa shape index (κ1) is 8.17. The molecule has 0 radical (unpaired) electrons. The Morgan fingerprint density at radius 3 is 2.82 bits per heavy atom. The van der Waals surface area contributed by atoms with Crippen molar-refractivity contribution in [3.8, 4) is 0 Å². The fourth-order valence-electron chi connectivity index (χ4n) is 1.27. The van der Waals surface area contributed by atoms with Gasteiger partial charge in [-0.05, 0) is 12.8 Å². The lowest BCUT2D eigenvalue weighted by Crippen LogP contribution is -2.34. The summed E-state index contributed by atoms with van der Waals surface area (Å²) in [4.78, 5) is 9.69. The SMILES string of the molecule is C=C1CCC(F)C([N+](=O)[O-])C1. The molecule has 2 atom stereocenters. The molecule has 1 fully saturated rings. The zero-order valence-electron chi connectivity index (χ0n) is 6.12. The van der Waals surface area contributed by atoms with Crippen LogP contribution >= 0.6 is 0 Å². The summed E-state index contributed by atoms with van der Waals surface area (Å²) in [5.74, 6) is 0. The Bertz CT molecular complexity index is 193. The van der Waals surface area contributed by atoms with Crippen molar-refractivity contribution in [2.75, 3.05) is 0 Å². The van der Waals surface area contributed by atoms with Gasteiger partial charge < -0.3 is 0 Å². The summed E-state index contributed by atoms with van der Waals surface area (Å²) >= 11 is 0. The summed E-state index contributed by atoms with van der Waals surface area (Å²) in [7, 11) is 0. The Kier molecular flexibility index (Phi) is 2.22. The van der Waals surface area contributed by atoms with Crippen molar-refractivity contribution in [2.24, 2.45) is 0 Å². The molecule has 62 valence electrons. The first-order valence-corrected chi connectivity index (χ1v) is 3.55. The molecule has 0 bridgehead atoms. The number of rotatable bonds is 1. The molecule has 1 saturated carbocycles. The van der Waals surface area contributed by atoms with Gasteiger partial charge in [0.05, 0.1) is 0 Å². The highest BCUT2D eigenvalue weighted by Crippen LogP contribution is 2.26. The van der Waals surface area contributed by atoms with Crippen LogP contribution in [0, 0.1) is 10.1 Å². The van der Waals surface area contributed by atoms with Crippen LogP contribution in [0.1, 0.15) is 19.3 Å². The second kappa shape index (κ2) is 2.98. The van der Waals surface area contributed by atoms with Crippen LogP contribution in [0.3, 0.4) is 0 Å². The molecule has 0 spiro atoms. The zero-order chi connectivity index (χ0) is 8.43. The van der Waals surface area contributed by atoms with Gasteiger partial charge in [0.15, 0.2) is 6.17 Å². The van der Waals surface area contributed by atoms with Crippen molar-refractivity contribution < 1.29 is 9.31 Å². The van der Waals surface area contributed by atoms with Crippen LogP contribution in [-0.4, -0.2) is 17.1 Å². The Morgan fingerprint density at radius 2 is 2.36 bits per heavy atom. The van der Waals surface area contributed by atoms with E-state index in [1.165, 1.54) is 0 Å². The van der Waals surface area contributed by atoms with Gasteiger partial charge in [-0.15, -0.1) is 0 Å². The maximum Gasteiger partial charge on any atom is 0.247 e. The Balaban J connectivity index is 2.61. The fraction of sp³-hybridized carbons (Fsp3) is 0.714. The molecule has 4 heteroatoms. The molecule has 3 nitrogen and oxygen atoms in total. The number of alkyl halides is 1. The minimum atomic E-state index is -1.28. The molecule has 0 N–H and O–H groups in total. The van der Waals surface area contributed by atoms with E-state index in [9.17, 15) is 14.5 Å². The number of halogens is 1. The molecule has 0 saturated heterocycles. The van der Waals surface area contributed by atoms with Crippen LogP contribution in [0.5, 0.6) is 0 Å². The molecule has 0 aromatic rings. The third kappa shape index (κ3) is 1.76. The zero-order valence-corrected chi connectivity index (χ0v) is 6.12. The van der Waals surface area contributed by atoms with E-state index in [2.05, 4.69) is 6.58 Å². The highest BCUT2D eigenvalue weighted by atomic mass is 19.1. The molecule has 0 amide bonds. The van der Waals surface area contributed by atoms with Gasteiger partial charge >= 0.3 is 0 Å². The van der Waals surface area contributed by atoms with Crippen LogP contribution in [-0.2, 0) is 0 Å². The Hall–Kier alpha value is -0.930. The van der Waals surface area contributed by atoms with Gasteiger partial charge in [0.1, 0.15) is 0 Å². The minimum absolute atomic E-state index is 0.203. The van der Waals surface area contributed by atoms with Crippen LogP contribution in [0.2, 0.25) is 0 Å². The Labute approximate surface area is 64.1 Å². The van der Waals surface area contributed by atoms with E-state index in [1.807, 2.05) is 0 Å². The van der Waals surface area contributed by atoms with Crippen molar-refractivity contribution in [3.05, 3.63) is 22.3 Å². The average molecular weight is 159 g/mol. The summed E-state index contributed by atoms with van der Waals surface area (Å²) in [6.45, 7) is 3.61. The van der Waals surface area contributed by atoms with Crippen LogP contribution in [0.25, 0.3) is 0 Å². The van der Waals surface area contributed by atoms with Crippen molar-refractivity contribution in [2.45, 2.75) is 31.5 Å². The topological polar surface area (TPSA) is 43.1 Å². The molecule has 0 heterocycles. The van der Waals surface area contributed by atoms with Crippen molar-refractivity contribution in [3.63, 3.8) is 0 Å². The van der Waals surface area contributed by atoms with Crippen molar-refractivity contribution in [1.29, 1.82) is 0 Å². The van der Waals surface area contributed by atoms with Gasteiger partial charge in [0.25, 0.3) is 0 Å². The smallest absolute Gasteiger partial charge is 0.247 e. The molecule has 0 aliphatic heterocycles. The first-order valence-electron chi connectivity index (χ1n) is 3.55. The van der Waals surface area contributed by atoms with E-state index in [1.54, 1.807) is 0 Å². The molecule has 11 heavy (non-hydrogen) atoms. The summed E-state index contributed by atoms with van der Waals surface area (Å²) in [5.41, 5.74) is 0.792. The Morgan fingerprint density at radius 1 is 1.73 bits per heavy atom. The predicted octanol–water partition coefficient (Wildman–Crippen LogP) is 1.71. The monoisotopic (exact) mass is 159 g/mol. The highest BCUT2D eigenvalue weighted by molar-refractivity contribution is 5.02. The normalized spacial score (nSPS) is 31.9. The summed E-state index contributed by atoms with van der Waals surface area (Å²) in [6.07, 6.45) is -0.236. The van der Waals surface area contributed by atoms with Crippen molar-refractivity contribution >= 4 is 0 Å². The lowest BCUT2D eigenvalue weighted by Gasteiger charge is -2.20. The van der Waals surface area contributed by atoms with Gasteiger partial charge in [-0.25, -0.2) is 4.39 Å². The average Bonchev–Trinajstić information content (AvgIpc) is 1.94. The maximum atomic E-state index is 12.8. The van der Waals surface area contributed by atoms with Crippen molar-refractivity contribution in [1.82, 2.24) is 0 Å². The fourth-order valence-corrected chi connectivity index (χ4v) is 1.27. The number of nitrogens with zero attached hydrogens (tertiary/aromatic N) is 1. The molecule has 0 aromatic carbocycles. The van der Waals surface area contributed by atoms with E-state index in [0.29, 0.717) is 6.42 Å². The van der Waals surface area contributed by atoms with E-state index in [0.717, 1.165) is 5.57 Å². The molecule has 2 unspecified atom stereocenters. The molecule has 0 aromatic heterocycles. The molecule has 1 rings (SSSR count). The third-order valence-electron chi connectivity index (χ3n) is 1.96. The second-order valence-electron chi connectivity index (χ2n) is 2.86. The van der Waals surface area contributed by atoms with Gasteiger partial charge in [-0.3, -0.25) is 10.1 Å². The highest BCUT2D eigenvalue weighted by Gasteiger charge is 2.35. The first-order chi connectivity index (χ1) is 5.11. The summed E-state index contributed by atoms with van der Waals surface area (Å²) < 4.78 is 12.8. The molecule has 1 aliphatic rings. The van der Waals surface area contributed by atoms with Gasteiger partial charge in [-0.1, -0.05) is 12.2 Å². The molecular weight excluding hydrogens is 149 g/mol. The quantitative estimate of drug-likeness (QED) is 0.332. The minimum Gasteiger partial charge on any atom is -0.264 e. The summed E-state index contributed by atoms with van der Waals surface area (Å²) in [6, 6.07) is -1.05. The van der Waals surface area contributed by atoms with Crippen LogP contribution < -0.4 is 0 Å². The number of hydrogen-bond acceptors (Lipinski definition) is 2. The van der Waals surface area contributed by atoms with E-state index in [-0.39, 0.29) is 12.8 Å². The van der Waals surface area contributed by atoms with E-state index >= 15 is 0 Å². The van der Waals surface area contributed by atoms with E-state index in [4.69, 9.17) is 0 Å². The lowest BCUT2D eigenvalue weighted by atomic mass is 9.91. The van der Waals surface area contributed by atoms with Crippen LogP contribution in [0.4, 0.5) is 4.39 Å². The number of hydrogen-bond donors (Lipinski definition) is 0. The number of nitro groups is 1.